The van der Waals surface area contributed by atoms with Crippen molar-refractivity contribution < 1.29 is 14.1 Å². The maximum atomic E-state index is 12.4. The van der Waals surface area contributed by atoms with Crippen LogP contribution in [0.3, 0.4) is 0 Å². The van der Waals surface area contributed by atoms with Gasteiger partial charge in [-0.05, 0) is 32.4 Å². The highest BCUT2D eigenvalue weighted by atomic mass is 16.5. The average molecular weight is 388 g/mol. The van der Waals surface area contributed by atoms with Crippen LogP contribution in [0.25, 0.3) is 22.4 Å². The lowest BCUT2D eigenvalue weighted by Crippen LogP contribution is -2.21. The minimum Gasteiger partial charge on any atom is -0.467 e. The fraction of sp³-hybridized carbons (Fsp3) is 0.182. The molecule has 2 aromatic carbocycles. The molecule has 0 saturated heterocycles. The molecule has 4 rings (SSSR count). The highest BCUT2D eigenvalue weighted by molar-refractivity contribution is 5.95. The molecule has 1 amide bonds. The normalized spacial score (nSPS) is 10.9. The number of carbonyl (C=O) groups excluding carboxylic acids is 1. The number of benzene rings is 2. The monoisotopic (exact) mass is 388 g/mol. The zero-order chi connectivity index (χ0) is 20.4. The summed E-state index contributed by atoms with van der Waals surface area (Å²) in [6.07, 6.45) is 0. The number of carbonyl (C=O) groups is 1. The average Bonchev–Trinajstić information content (AvgIpc) is 3.13. The van der Waals surface area contributed by atoms with Crippen LogP contribution in [-0.2, 0) is 4.79 Å². The van der Waals surface area contributed by atoms with E-state index in [2.05, 4.69) is 20.4 Å². The van der Waals surface area contributed by atoms with Gasteiger partial charge in [-0.3, -0.25) is 4.79 Å². The summed E-state index contributed by atoms with van der Waals surface area (Å²) in [5.74, 6) is 0.459. The van der Waals surface area contributed by atoms with Crippen LogP contribution in [0.1, 0.15) is 17.0 Å². The summed E-state index contributed by atoms with van der Waals surface area (Å²) in [6.45, 7) is 5.49. The fourth-order valence-corrected chi connectivity index (χ4v) is 3.10. The molecule has 0 atom stereocenters. The minimum absolute atomic E-state index is 0.196. The lowest BCUT2D eigenvalue weighted by Gasteiger charge is -2.10. The molecule has 0 aliphatic heterocycles. The van der Waals surface area contributed by atoms with Gasteiger partial charge in [0, 0.05) is 11.3 Å². The van der Waals surface area contributed by atoms with Gasteiger partial charge in [-0.25, -0.2) is 0 Å². The van der Waals surface area contributed by atoms with Gasteiger partial charge < -0.3 is 14.6 Å². The fourth-order valence-electron chi connectivity index (χ4n) is 3.10. The summed E-state index contributed by atoms with van der Waals surface area (Å²) < 4.78 is 11.1. The van der Waals surface area contributed by atoms with Crippen LogP contribution in [0.15, 0.2) is 53.1 Å². The predicted molar refractivity (Wildman–Crippen MR) is 110 cm³/mol. The standard InChI is InChI=1S/C22H20N4O3/c1-13-9-10-17(14(2)11-13)25-18(27)12-28-21-19-20(16-7-5-4-6-8-16)26-29-22(19)24-15(3)23-21/h4-11H,12H2,1-3H3,(H,25,27). The highest BCUT2D eigenvalue weighted by Gasteiger charge is 2.20. The highest BCUT2D eigenvalue weighted by Crippen LogP contribution is 2.32. The summed E-state index contributed by atoms with van der Waals surface area (Å²) in [5, 5.41) is 7.53. The number of nitrogens with zero attached hydrogens (tertiary/aromatic N) is 3. The second-order valence-corrected chi connectivity index (χ2v) is 6.81. The van der Waals surface area contributed by atoms with E-state index in [1.54, 1.807) is 6.92 Å². The van der Waals surface area contributed by atoms with Crippen molar-refractivity contribution in [3.05, 3.63) is 65.5 Å². The lowest BCUT2D eigenvalue weighted by molar-refractivity contribution is -0.118. The Balaban J connectivity index is 1.59. The van der Waals surface area contributed by atoms with Crippen LogP contribution >= 0.6 is 0 Å². The molecule has 2 aromatic heterocycles. The third kappa shape index (κ3) is 3.94. The first kappa shape index (κ1) is 18.6. The topological polar surface area (TPSA) is 90.1 Å². The van der Waals surface area contributed by atoms with Crippen molar-refractivity contribution in [2.45, 2.75) is 20.8 Å². The van der Waals surface area contributed by atoms with Gasteiger partial charge in [0.1, 0.15) is 16.9 Å². The molecule has 0 aliphatic carbocycles. The zero-order valence-electron chi connectivity index (χ0n) is 16.4. The van der Waals surface area contributed by atoms with Gasteiger partial charge in [0.15, 0.2) is 6.61 Å². The van der Waals surface area contributed by atoms with E-state index < -0.39 is 0 Å². The Kier molecular flexibility index (Phi) is 4.95. The Labute approximate surface area is 167 Å². The molecule has 0 aliphatic rings. The van der Waals surface area contributed by atoms with Crippen LogP contribution in [0.4, 0.5) is 5.69 Å². The number of amides is 1. The van der Waals surface area contributed by atoms with Gasteiger partial charge in [-0.2, -0.15) is 9.97 Å². The Bertz CT molecular complexity index is 1190. The first-order chi connectivity index (χ1) is 14.0. The Hall–Kier alpha value is -3.74. The summed E-state index contributed by atoms with van der Waals surface area (Å²) in [7, 11) is 0. The number of aryl methyl sites for hydroxylation is 3. The van der Waals surface area contributed by atoms with Crippen LogP contribution < -0.4 is 10.1 Å². The number of ether oxygens (including phenoxy) is 1. The molecule has 2 heterocycles. The quantitative estimate of drug-likeness (QED) is 0.550. The lowest BCUT2D eigenvalue weighted by atomic mass is 10.1. The van der Waals surface area contributed by atoms with Crippen molar-refractivity contribution in [1.82, 2.24) is 15.1 Å². The third-order valence-electron chi connectivity index (χ3n) is 4.46. The number of nitrogens with one attached hydrogen (secondary N) is 1. The van der Waals surface area contributed by atoms with Gasteiger partial charge in [-0.15, -0.1) is 0 Å². The van der Waals surface area contributed by atoms with Crippen molar-refractivity contribution in [2.75, 3.05) is 11.9 Å². The molecular weight excluding hydrogens is 368 g/mol. The van der Waals surface area contributed by atoms with Gasteiger partial charge in [0.2, 0.25) is 5.88 Å². The van der Waals surface area contributed by atoms with E-state index in [0.29, 0.717) is 22.6 Å². The largest absolute Gasteiger partial charge is 0.467 e. The van der Waals surface area contributed by atoms with Crippen LogP contribution in [0.5, 0.6) is 5.88 Å². The number of fused-ring (bicyclic) bond motifs is 1. The van der Waals surface area contributed by atoms with Crippen molar-refractivity contribution >= 4 is 22.7 Å². The van der Waals surface area contributed by atoms with Crippen molar-refractivity contribution in [1.29, 1.82) is 0 Å². The van der Waals surface area contributed by atoms with Gasteiger partial charge in [0.25, 0.3) is 11.6 Å². The van der Waals surface area contributed by atoms with Gasteiger partial charge in [-0.1, -0.05) is 53.2 Å². The van der Waals surface area contributed by atoms with Crippen LogP contribution in [-0.4, -0.2) is 27.6 Å². The van der Waals surface area contributed by atoms with Gasteiger partial charge in [0.05, 0.1) is 0 Å². The Morgan fingerprint density at radius 1 is 1.07 bits per heavy atom. The molecule has 0 spiro atoms. The maximum Gasteiger partial charge on any atom is 0.265 e. The predicted octanol–water partition coefficient (Wildman–Crippen LogP) is 4.23. The van der Waals surface area contributed by atoms with Crippen LogP contribution in [0.2, 0.25) is 0 Å². The SMILES string of the molecule is Cc1ccc(NC(=O)COc2nc(C)nc3onc(-c4ccccc4)c23)c(C)c1. The first-order valence-electron chi connectivity index (χ1n) is 9.20. The molecule has 0 unspecified atom stereocenters. The smallest absolute Gasteiger partial charge is 0.265 e. The second kappa shape index (κ2) is 7.71. The van der Waals surface area contributed by atoms with Crippen molar-refractivity contribution in [3.8, 4) is 17.1 Å². The molecule has 29 heavy (non-hydrogen) atoms. The molecule has 0 saturated carbocycles. The zero-order valence-corrected chi connectivity index (χ0v) is 16.4. The minimum atomic E-state index is -0.279. The first-order valence-corrected chi connectivity index (χ1v) is 9.20. The van der Waals surface area contributed by atoms with Gasteiger partial charge >= 0.3 is 0 Å². The molecule has 0 bridgehead atoms. The molecule has 7 nitrogen and oxygen atoms in total. The van der Waals surface area contributed by atoms with E-state index >= 15 is 0 Å². The van der Waals surface area contributed by atoms with Crippen LogP contribution in [0, 0.1) is 20.8 Å². The van der Waals surface area contributed by atoms with Crippen molar-refractivity contribution in [2.24, 2.45) is 0 Å². The number of anilines is 1. The summed E-state index contributed by atoms with van der Waals surface area (Å²) >= 11 is 0. The maximum absolute atomic E-state index is 12.4. The van der Waals surface area contributed by atoms with E-state index in [4.69, 9.17) is 9.26 Å². The molecular formula is C22H20N4O3. The van der Waals surface area contributed by atoms with E-state index in [0.717, 1.165) is 22.4 Å². The third-order valence-corrected chi connectivity index (χ3v) is 4.46. The summed E-state index contributed by atoms with van der Waals surface area (Å²) in [4.78, 5) is 21.0. The number of rotatable bonds is 5. The van der Waals surface area contributed by atoms with E-state index in [1.807, 2.05) is 62.4 Å². The molecule has 146 valence electrons. The van der Waals surface area contributed by atoms with E-state index in [-0.39, 0.29) is 18.4 Å². The number of hydrogen-bond acceptors (Lipinski definition) is 6. The number of hydrogen-bond donors (Lipinski definition) is 1. The van der Waals surface area contributed by atoms with Crippen molar-refractivity contribution in [3.63, 3.8) is 0 Å². The number of aromatic nitrogens is 3. The van der Waals surface area contributed by atoms with E-state index in [9.17, 15) is 4.79 Å². The Morgan fingerprint density at radius 2 is 1.86 bits per heavy atom. The molecule has 7 heteroatoms. The Morgan fingerprint density at radius 3 is 2.62 bits per heavy atom. The molecule has 0 fully saturated rings. The molecule has 1 N–H and O–H groups in total. The molecule has 4 aromatic rings. The molecule has 0 radical (unpaired) electrons. The summed E-state index contributed by atoms with van der Waals surface area (Å²) in [6, 6.07) is 15.4. The second-order valence-electron chi connectivity index (χ2n) is 6.81. The summed E-state index contributed by atoms with van der Waals surface area (Å²) in [5.41, 5.74) is 4.62. The van der Waals surface area contributed by atoms with E-state index in [1.165, 1.54) is 0 Å².